The topological polar surface area (TPSA) is 111 Å². The lowest BCUT2D eigenvalue weighted by Gasteiger charge is -2.04. The minimum atomic E-state index is -3.70. The summed E-state index contributed by atoms with van der Waals surface area (Å²) < 4.78 is 26.3. The van der Waals surface area contributed by atoms with E-state index in [0.717, 1.165) is 11.3 Å². The third kappa shape index (κ3) is 2.50. The smallest absolute Gasteiger partial charge is 0.274 e. The molecule has 0 aliphatic carbocycles. The van der Waals surface area contributed by atoms with E-state index in [4.69, 9.17) is 5.73 Å². The number of thiazole rings is 1. The van der Waals surface area contributed by atoms with Gasteiger partial charge in [-0.3, -0.25) is 9.71 Å². The molecule has 0 spiro atoms. The van der Waals surface area contributed by atoms with E-state index in [1.807, 2.05) is 0 Å². The zero-order valence-corrected chi connectivity index (χ0v) is 10.4. The van der Waals surface area contributed by atoms with E-state index in [9.17, 15) is 8.42 Å². The highest BCUT2D eigenvalue weighted by atomic mass is 32.2. The van der Waals surface area contributed by atoms with Crippen LogP contribution in [0.2, 0.25) is 0 Å². The largest absolute Gasteiger partial charge is 0.375 e. The molecule has 2 aromatic rings. The average Bonchev–Trinajstić information content (AvgIpc) is 2.59. The molecule has 2 aromatic heterocycles. The van der Waals surface area contributed by atoms with E-state index in [-0.39, 0.29) is 15.2 Å². The monoisotopic (exact) mass is 271 g/mol. The summed E-state index contributed by atoms with van der Waals surface area (Å²) >= 11 is 0.909. The Morgan fingerprint density at radius 2 is 2.18 bits per heavy atom. The molecular formula is C8H9N5O2S2. The summed E-state index contributed by atoms with van der Waals surface area (Å²) in [5.74, 6) is 0.152. The predicted molar refractivity (Wildman–Crippen MR) is 64.1 cm³/mol. The van der Waals surface area contributed by atoms with Crippen LogP contribution in [0.4, 0.5) is 10.9 Å². The van der Waals surface area contributed by atoms with Crippen LogP contribution in [-0.2, 0) is 10.0 Å². The molecule has 0 fully saturated rings. The summed E-state index contributed by atoms with van der Waals surface area (Å²) in [5, 5.41) is 0.210. The van der Waals surface area contributed by atoms with Crippen molar-refractivity contribution in [3.8, 4) is 0 Å². The van der Waals surface area contributed by atoms with Crippen LogP contribution in [-0.4, -0.2) is 23.4 Å². The highest BCUT2D eigenvalue weighted by Crippen LogP contribution is 2.26. The molecule has 0 amide bonds. The molecule has 0 unspecified atom stereocenters. The fraction of sp³-hybridized carbons (Fsp3) is 0.125. The van der Waals surface area contributed by atoms with Crippen LogP contribution in [0.3, 0.4) is 0 Å². The number of anilines is 2. The minimum Gasteiger partial charge on any atom is -0.375 e. The number of rotatable bonds is 3. The van der Waals surface area contributed by atoms with Crippen molar-refractivity contribution in [2.24, 2.45) is 0 Å². The standard InChI is InChI=1S/C8H9N5O2S2/c1-5-7(16-8(9)12-5)17(14,15)13-6-4-10-2-3-11-6/h2-4H,1H3,(H2,9,12)(H,11,13). The van der Waals surface area contributed by atoms with Crippen LogP contribution in [0.25, 0.3) is 0 Å². The van der Waals surface area contributed by atoms with Crippen LogP contribution >= 0.6 is 11.3 Å². The molecule has 0 saturated heterocycles. The average molecular weight is 271 g/mol. The first-order chi connectivity index (χ1) is 7.99. The second-order valence-corrected chi connectivity index (χ2v) is 6.03. The summed E-state index contributed by atoms with van der Waals surface area (Å²) in [6, 6.07) is 0. The Labute approximate surface area is 102 Å². The van der Waals surface area contributed by atoms with Gasteiger partial charge in [0.05, 0.1) is 11.9 Å². The van der Waals surface area contributed by atoms with Crippen LogP contribution < -0.4 is 10.5 Å². The summed E-state index contributed by atoms with van der Waals surface area (Å²) in [6.07, 6.45) is 4.16. The molecule has 0 aliphatic rings. The van der Waals surface area contributed by atoms with Crippen molar-refractivity contribution < 1.29 is 8.42 Å². The molecule has 2 heterocycles. The van der Waals surface area contributed by atoms with Gasteiger partial charge in [-0.2, -0.15) is 0 Å². The molecule has 9 heteroatoms. The molecular weight excluding hydrogens is 262 g/mol. The number of nitrogens with zero attached hydrogens (tertiary/aromatic N) is 3. The lowest BCUT2D eigenvalue weighted by molar-refractivity contribution is 0.602. The predicted octanol–water partition coefficient (Wildman–Crippen LogP) is 0.625. The maximum Gasteiger partial charge on any atom is 0.274 e. The Bertz CT molecular complexity index is 623. The van der Waals surface area contributed by atoms with Gasteiger partial charge in [0.1, 0.15) is 0 Å². The van der Waals surface area contributed by atoms with E-state index >= 15 is 0 Å². The molecule has 3 N–H and O–H groups in total. The van der Waals surface area contributed by atoms with Gasteiger partial charge >= 0.3 is 0 Å². The number of nitrogens with two attached hydrogens (primary N) is 1. The van der Waals surface area contributed by atoms with Gasteiger partial charge in [0.2, 0.25) is 0 Å². The molecule has 2 rings (SSSR count). The van der Waals surface area contributed by atoms with E-state index in [0.29, 0.717) is 5.69 Å². The number of aromatic nitrogens is 3. The maximum absolute atomic E-state index is 12.0. The lowest BCUT2D eigenvalue weighted by atomic mass is 10.6. The SMILES string of the molecule is Cc1nc(N)sc1S(=O)(=O)Nc1cnccn1. The van der Waals surface area contributed by atoms with Crippen LogP contribution in [0.5, 0.6) is 0 Å². The van der Waals surface area contributed by atoms with Gasteiger partial charge < -0.3 is 5.73 Å². The van der Waals surface area contributed by atoms with Crippen molar-refractivity contribution in [3.63, 3.8) is 0 Å². The third-order valence-corrected chi connectivity index (χ3v) is 4.77. The van der Waals surface area contributed by atoms with E-state index in [1.165, 1.54) is 18.6 Å². The molecule has 0 bridgehead atoms. The molecule has 0 aromatic carbocycles. The number of sulfonamides is 1. The van der Waals surface area contributed by atoms with Crippen molar-refractivity contribution >= 4 is 32.3 Å². The van der Waals surface area contributed by atoms with E-state index < -0.39 is 10.0 Å². The van der Waals surface area contributed by atoms with Gasteiger partial charge in [0.15, 0.2) is 15.2 Å². The van der Waals surface area contributed by atoms with E-state index in [1.54, 1.807) is 6.92 Å². The Morgan fingerprint density at radius 3 is 2.71 bits per heavy atom. The van der Waals surface area contributed by atoms with E-state index in [2.05, 4.69) is 19.7 Å². The van der Waals surface area contributed by atoms with Gasteiger partial charge in [-0.25, -0.2) is 18.4 Å². The third-order valence-electron chi connectivity index (χ3n) is 1.82. The molecule has 0 aliphatic heterocycles. The van der Waals surface area contributed by atoms with Crippen molar-refractivity contribution in [2.75, 3.05) is 10.5 Å². The summed E-state index contributed by atoms with van der Waals surface area (Å²) in [7, 11) is -3.70. The first-order valence-electron chi connectivity index (χ1n) is 4.51. The number of hydrogen-bond acceptors (Lipinski definition) is 7. The zero-order chi connectivity index (χ0) is 12.5. The molecule has 0 radical (unpaired) electrons. The Balaban J connectivity index is 2.35. The van der Waals surface area contributed by atoms with Gasteiger partial charge in [0, 0.05) is 12.4 Å². The van der Waals surface area contributed by atoms with Gasteiger partial charge in [0.25, 0.3) is 10.0 Å². The second-order valence-electron chi connectivity index (χ2n) is 3.12. The molecule has 7 nitrogen and oxygen atoms in total. The fourth-order valence-corrected chi connectivity index (χ4v) is 3.48. The summed E-state index contributed by atoms with van der Waals surface area (Å²) in [6.45, 7) is 1.58. The molecule has 90 valence electrons. The Morgan fingerprint density at radius 1 is 1.41 bits per heavy atom. The van der Waals surface area contributed by atoms with Gasteiger partial charge in [-0.1, -0.05) is 11.3 Å². The summed E-state index contributed by atoms with van der Waals surface area (Å²) in [4.78, 5) is 11.4. The highest BCUT2D eigenvalue weighted by Gasteiger charge is 2.21. The lowest BCUT2D eigenvalue weighted by Crippen LogP contribution is -2.13. The number of hydrogen-bond donors (Lipinski definition) is 2. The maximum atomic E-state index is 12.0. The van der Waals surface area contributed by atoms with Crippen molar-refractivity contribution in [2.45, 2.75) is 11.1 Å². The van der Waals surface area contributed by atoms with Crippen molar-refractivity contribution in [3.05, 3.63) is 24.3 Å². The van der Waals surface area contributed by atoms with Crippen molar-refractivity contribution in [1.82, 2.24) is 15.0 Å². The minimum absolute atomic E-state index is 0.0839. The molecule has 17 heavy (non-hydrogen) atoms. The normalized spacial score (nSPS) is 11.4. The molecule has 0 saturated carbocycles. The van der Waals surface area contributed by atoms with Crippen LogP contribution in [0.15, 0.2) is 22.8 Å². The first-order valence-corrected chi connectivity index (χ1v) is 6.81. The van der Waals surface area contributed by atoms with Gasteiger partial charge in [-0.05, 0) is 6.92 Å². The number of nitrogens with one attached hydrogen (secondary N) is 1. The summed E-state index contributed by atoms with van der Waals surface area (Å²) in [5.41, 5.74) is 5.82. The Kier molecular flexibility index (Phi) is 2.94. The van der Waals surface area contributed by atoms with Crippen LogP contribution in [0.1, 0.15) is 5.69 Å². The number of nitrogen functional groups attached to an aromatic ring is 1. The molecule has 0 atom stereocenters. The number of aryl methyl sites for hydroxylation is 1. The van der Waals surface area contributed by atoms with Crippen LogP contribution in [0, 0.1) is 6.92 Å². The quantitative estimate of drug-likeness (QED) is 0.846. The second kappa shape index (κ2) is 4.26. The fourth-order valence-electron chi connectivity index (χ4n) is 1.19. The Hall–Kier alpha value is -1.74. The van der Waals surface area contributed by atoms with Gasteiger partial charge in [-0.15, -0.1) is 0 Å². The van der Waals surface area contributed by atoms with Crippen molar-refractivity contribution in [1.29, 1.82) is 0 Å². The zero-order valence-electron chi connectivity index (χ0n) is 8.78. The first kappa shape index (κ1) is 11.7. The highest BCUT2D eigenvalue weighted by molar-refractivity contribution is 7.94.